The first-order valence-electron chi connectivity index (χ1n) is 8.93. The van der Waals surface area contributed by atoms with Crippen molar-refractivity contribution in [3.63, 3.8) is 0 Å². The summed E-state index contributed by atoms with van der Waals surface area (Å²) in [5.41, 5.74) is 1.73. The first kappa shape index (κ1) is 20.0. The van der Waals surface area contributed by atoms with Crippen molar-refractivity contribution in [3.8, 4) is 0 Å². The van der Waals surface area contributed by atoms with Gasteiger partial charge < -0.3 is 10.2 Å². The Labute approximate surface area is 160 Å². The molecule has 138 valence electrons. The zero-order valence-corrected chi connectivity index (χ0v) is 16.0. The van der Waals surface area contributed by atoms with E-state index < -0.39 is 6.04 Å². The zero-order valence-electron chi connectivity index (χ0n) is 15.2. The van der Waals surface area contributed by atoms with E-state index >= 15 is 0 Å². The second-order valence-electron chi connectivity index (χ2n) is 6.11. The number of carbonyl (C=O) groups excluding carboxylic acids is 2. The Kier molecular flexibility index (Phi) is 7.67. The molecule has 0 bridgehead atoms. The molecule has 0 heterocycles. The van der Waals surface area contributed by atoms with Gasteiger partial charge in [-0.05, 0) is 29.7 Å². The number of nitrogens with one attached hydrogen (secondary N) is 1. The van der Waals surface area contributed by atoms with Gasteiger partial charge in [-0.1, -0.05) is 67.9 Å². The molecule has 0 spiro atoms. The highest BCUT2D eigenvalue weighted by Crippen LogP contribution is 2.25. The molecule has 0 saturated heterocycles. The van der Waals surface area contributed by atoms with Crippen LogP contribution in [-0.4, -0.2) is 23.3 Å². The van der Waals surface area contributed by atoms with Gasteiger partial charge in [-0.3, -0.25) is 9.59 Å². The quantitative estimate of drug-likeness (QED) is 0.749. The molecule has 2 amide bonds. The molecule has 2 aromatic rings. The summed E-state index contributed by atoms with van der Waals surface area (Å²) < 4.78 is 0. The third-order valence-electron chi connectivity index (χ3n) is 4.11. The van der Waals surface area contributed by atoms with Crippen LogP contribution in [0.1, 0.15) is 43.9 Å². The van der Waals surface area contributed by atoms with Crippen LogP contribution < -0.4 is 5.32 Å². The number of rotatable bonds is 8. The van der Waals surface area contributed by atoms with E-state index in [0.717, 1.165) is 17.5 Å². The van der Waals surface area contributed by atoms with Crippen LogP contribution in [0.25, 0.3) is 0 Å². The maximum atomic E-state index is 12.9. The molecule has 0 saturated carbocycles. The SMILES string of the molecule is CCCNC(=O)[C@H](c1ccccc1)N(Cc1ccc(Cl)cc1)C(=O)CC. The highest BCUT2D eigenvalue weighted by atomic mass is 35.5. The molecule has 0 aliphatic heterocycles. The smallest absolute Gasteiger partial charge is 0.247 e. The Balaban J connectivity index is 2.38. The molecule has 0 aliphatic rings. The van der Waals surface area contributed by atoms with E-state index in [9.17, 15) is 9.59 Å². The number of hydrogen-bond donors (Lipinski definition) is 1. The lowest BCUT2D eigenvalue weighted by Crippen LogP contribution is -2.43. The lowest BCUT2D eigenvalue weighted by atomic mass is 10.0. The molecule has 0 radical (unpaired) electrons. The topological polar surface area (TPSA) is 49.4 Å². The van der Waals surface area contributed by atoms with Crippen molar-refractivity contribution >= 4 is 23.4 Å². The molecule has 2 rings (SSSR count). The maximum absolute atomic E-state index is 12.9. The van der Waals surface area contributed by atoms with E-state index in [4.69, 9.17) is 11.6 Å². The van der Waals surface area contributed by atoms with Crippen molar-refractivity contribution < 1.29 is 9.59 Å². The molecule has 1 atom stereocenters. The Morgan fingerprint density at radius 3 is 2.27 bits per heavy atom. The lowest BCUT2D eigenvalue weighted by molar-refractivity contribution is -0.141. The Hall–Kier alpha value is -2.33. The molecule has 2 aromatic carbocycles. The molecule has 0 unspecified atom stereocenters. The van der Waals surface area contributed by atoms with Gasteiger partial charge in [0.25, 0.3) is 0 Å². The summed E-state index contributed by atoms with van der Waals surface area (Å²) in [6.07, 6.45) is 1.17. The second-order valence-corrected chi connectivity index (χ2v) is 6.54. The van der Waals surface area contributed by atoms with Gasteiger partial charge in [-0.25, -0.2) is 0 Å². The average molecular weight is 373 g/mol. The molecular formula is C21H25ClN2O2. The van der Waals surface area contributed by atoms with Gasteiger partial charge >= 0.3 is 0 Å². The van der Waals surface area contributed by atoms with Gasteiger partial charge in [-0.2, -0.15) is 0 Å². The van der Waals surface area contributed by atoms with Crippen molar-refractivity contribution in [2.45, 2.75) is 39.3 Å². The highest BCUT2D eigenvalue weighted by molar-refractivity contribution is 6.30. The average Bonchev–Trinajstić information content (AvgIpc) is 2.67. The minimum atomic E-state index is -0.661. The standard InChI is InChI=1S/C21H25ClN2O2/c1-3-14-23-21(26)20(17-8-6-5-7-9-17)24(19(25)4-2)15-16-10-12-18(22)13-11-16/h5-13,20H,3-4,14-15H2,1-2H3,(H,23,26)/t20-/m0/s1. The Bertz CT molecular complexity index is 717. The molecule has 4 nitrogen and oxygen atoms in total. The second kappa shape index (κ2) is 9.97. The van der Waals surface area contributed by atoms with Crippen LogP contribution in [0.3, 0.4) is 0 Å². The van der Waals surface area contributed by atoms with Crippen LogP contribution >= 0.6 is 11.6 Å². The largest absolute Gasteiger partial charge is 0.354 e. The summed E-state index contributed by atoms with van der Waals surface area (Å²) in [6, 6.07) is 16.1. The predicted molar refractivity (Wildman–Crippen MR) is 105 cm³/mol. The fraction of sp³-hybridized carbons (Fsp3) is 0.333. The van der Waals surface area contributed by atoms with Gasteiger partial charge in [0.05, 0.1) is 0 Å². The van der Waals surface area contributed by atoms with Gasteiger partial charge in [0.15, 0.2) is 0 Å². The zero-order chi connectivity index (χ0) is 18.9. The monoisotopic (exact) mass is 372 g/mol. The van der Waals surface area contributed by atoms with Crippen molar-refractivity contribution in [2.75, 3.05) is 6.54 Å². The third kappa shape index (κ3) is 5.33. The van der Waals surface area contributed by atoms with E-state index in [1.54, 1.807) is 17.0 Å². The highest BCUT2D eigenvalue weighted by Gasteiger charge is 2.30. The first-order chi connectivity index (χ1) is 12.6. The van der Waals surface area contributed by atoms with Gasteiger partial charge in [0, 0.05) is 24.5 Å². The predicted octanol–water partition coefficient (Wildman–Crippen LogP) is 4.35. The van der Waals surface area contributed by atoms with E-state index in [1.807, 2.05) is 56.3 Å². The van der Waals surface area contributed by atoms with Gasteiger partial charge in [-0.15, -0.1) is 0 Å². The molecule has 1 N–H and O–H groups in total. The molecule has 5 heteroatoms. The first-order valence-corrected chi connectivity index (χ1v) is 9.31. The normalized spacial score (nSPS) is 11.7. The van der Waals surface area contributed by atoms with Crippen LogP contribution in [-0.2, 0) is 16.1 Å². The van der Waals surface area contributed by atoms with Crippen molar-refractivity contribution in [1.29, 1.82) is 0 Å². The Morgan fingerprint density at radius 2 is 1.69 bits per heavy atom. The number of hydrogen-bond acceptors (Lipinski definition) is 2. The molecule has 26 heavy (non-hydrogen) atoms. The van der Waals surface area contributed by atoms with E-state index in [2.05, 4.69) is 5.32 Å². The summed E-state index contributed by atoms with van der Waals surface area (Å²) in [5, 5.41) is 3.57. The van der Waals surface area contributed by atoms with Crippen LogP contribution in [0.5, 0.6) is 0 Å². The van der Waals surface area contributed by atoms with Crippen LogP contribution in [0.4, 0.5) is 0 Å². The van der Waals surface area contributed by atoms with Crippen LogP contribution in [0, 0.1) is 0 Å². The van der Waals surface area contributed by atoms with E-state index in [0.29, 0.717) is 24.5 Å². The number of halogens is 1. The minimum absolute atomic E-state index is 0.0690. The fourth-order valence-corrected chi connectivity index (χ4v) is 2.89. The van der Waals surface area contributed by atoms with Crippen LogP contribution in [0.2, 0.25) is 5.02 Å². The third-order valence-corrected chi connectivity index (χ3v) is 4.37. The van der Waals surface area contributed by atoms with Crippen molar-refractivity contribution in [1.82, 2.24) is 10.2 Å². The summed E-state index contributed by atoms with van der Waals surface area (Å²) in [6.45, 7) is 4.74. The summed E-state index contributed by atoms with van der Waals surface area (Å²) in [4.78, 5) is 27.2. The number of amides is 2. The molecule has 0 fully saturated rings. The van der Waals surface area contributed by atoms with Gasteiger partial charge in [0.2, 0.25) is 11.8 Å². The van der Waals surface area contributed by atoms with Crippen LogP contribution in [0.15, 0.2) is 54.6 Å². The molecule has 0 aromatic heterocycles. The molecule has 0 aliphatic carbocycles. The van der Waals surface area contributed by atoms with Crippen molar-refractivity contribution in [3.05, 3.63) is 70.7 Å². The maximum Gasteiger partial charge on any atom is 0.247 e. The summed E-state index contributed by atoms with van der Waals surface area (Å²) in [5.74, 6) is -0.228. The van der Waals surface area contributed by atoms with E-state index in [-0.39, 0.29) is 11.8 Å². The number of carbonyl (C=O) groups is 2. The van der Waals surface area contributed by atoms with Crippen molar-refractivity contribution in [2.24, 2.45) is 0 Å². The lowest BCUT2D eigenvalue weighted by Gasteiger charge is -2.31. The van der Waals surface area contributed by atoms with E-state index in [1.165, 1.54) is 0 Å². The number of benzene rings is 2. The van der Waals surface area contributed by atoms with Gasteiger partial charge in [0.1, 0.15) is 6.04 Å². The fourth-order valence-electron chi connectivity index (χ4n) is 2.77. The summed E-state index contributed by atoms with van der Waals surface area (Å²) in [7, 11) is 0. The Morgan fingerprint density at radius 1 is 1.04 bits per heavy atom. The summed E-state index contributed by atoms with van der Waals surface area (Å²) >= 11 is 5.96. The number of nitrogens with zero attached hydrogens (tertiary/aromatic N) is 1. The minimum Gasteiger partial charge on any atom is -0.354 e. The molecular weight excluding hydrogens is 348 g/mol.